The van der Waals surface area contributed by atoms with Crippen LogP contribution < -0.4 is 5.32 Å². The summed E-state index contributed by atoms with van der Waals surface area (Å²) in [6.45, 7) is 1.74. The van der Waals surface area contributed by atoms with Crippen LogP contribution in [0.4, 0.5) is 4.39 Å². The van der Waals surface area contributed by atoms with Gasteiger partial charge >= 0.3 is 0 Å². The molecule has 0 aliphatic carbocycles. The molecule has 0 bridgehead atoms. The van der Waals surface area contributed by atoms with E-state index in [4.69, 9.17) is 0 Å². The number of hydrogen-bond acceptors (Lipinski definition) is 1. The zero-order valence-corrected chi connectivity index (χ0v) is 10.9. The van der Waals surface area contributed by atoms with Crippen molar-refractivity contribution < 1.29 is 4.39 Å². The molecule has 0 amide bonds. The van der Waals surface area contributed by atoms with Gasteiger partial charge in [0, 0.05) is 10.9 Å². The maximum absolute atomic E-state index is 14.6. The van der Waals surface area contributed by atoms with Gasteiger partial charge in [-0.2, -0.15) is 0 Å². The van der Waals surface area contributed by atoms with E-state index in [0.29, 0.717) is 19.3 Å². The second-order valence-electron chi connectivity index (χ2n) is 4.56. The van der Waals surface area contributed by atoms with E-state index in [-0.39, 0.29) is 0 Å². The van der Waals surface area contributed by atoms with Gasteiger partial charge < -0.3 is 5.32 Å². The molecule has 1 aromatic rings. The highest BCUT2D eigenvalue weighted by Gasteiger charge is 2.30. The minimum absolute atomic E-state index is 0.536. The van der Waals surface area contributed by atoms with Gasteiger partial charge in [0.2, 0.25) is 0 Å². The summed E-state index contributed by atoms with van der Waals surface area (Å²) >= 11 is 3.43. The largest absolute Gasteiger partial charge is 0.317 e. The van der Waals surface area contributed by atoms with Crippen LogP contribution in [-0.4, -0.2) is 18.8 Å². The summed E-state index contributed by atoms with van der Waals surface area (Å²) in [6, 6.07) is 7.96. The predicted molar refractivity (Wildman–Crippen MR) is 68.4 cm³/mol. The van der Waals surface area contributed by atoms with E-state index in [1.807, 2.05) is 24.3 Å². The van der Waals surface area contributed by atoms with E-state index >= 15 is 0 Å². The second kappa shape index (κ2) is 5.28. The Labute approximate surface area is 105 Å². The quantitative estimate of drug-likeness (QED) is 0.877. The molecule has 0 radical (unpaired) electrons. The molecule has 1 heterocycles. The van der Waals surface area contributed by atoms with E-state index in [9.17, 15) is 4.39 Å². The average Bonchev–Trinajstić information content (AvgIpc) is 2.43. The molecule has 88 valence electrons. The molecule has 1 atom stereocenters. The van der Waals surface area contributed by atoms with Crippen LogP contribution in [0.2, 0.25) is 0 Å². The first kappa shape index (κ1) is 12.1. The Balaban J connectivity index is 2.06. The van der Waals surface area contributed by atoms with Crippen molar-refractivity contribution in [2.75, 3.05) is 13.1 Å². The van der Waals surface area contributed by atoms with Gasteiger partial charge in [0.05, 0.1) is 0 Å². The third-order valence-electron chi connectivity index (χ3n) is 3.14. The fraction of sp³-hybridized carbons (Fsp3) is 0.538. The Morgan fingerprint density at radius 3 is 3.00 bits per heavy atom. The van der Waals surface area contributed by atoms with Gasteiger partial charge in [-0.05, 0) is 50.0 Å². The fourth-order valence-corrected chi connectivity index (χ4v) is 2.73. The molecule has 1 aromatic carbocycles. The fourth-order valence-electron chi connectivity index (χ4n) is 2.28. The van der Waals surface area contributed by atoms with Crippen molar-refractivity contribution in [2.24, 2.45) is 0 Å². The first-order valence-corrected chi connectivity index (χ1v) is 6.61. The zero-order valence-electron chi connectivity index (χ0n) is 9.31. The van der Waals surface area contributed by atoms with Gasteiger partial charge in [0.15, 0.2) is 0 Å². The lowest BCUT2D eigenvalue weighted by molar-refractivity contribution is 0.144. The van der Waals surface area contributed by atoms with Crippen LogP contribution in [0.15, 0.2) is 28.7 Å². The van der Waals surface area contributed by atoms with Gasteiger partial charge in [-0.1, -0.05) is 28.1 Å². The number of nitrogens with one attached hydrogen (secondary N) is 1. The lowest BCUT2D eigenvalue weighted by Crippen LogP contribution is -2.27. The van der Waals surface area contributed by atoms with Crippen LogP contribution in [0, 0.1) is 0 Å². The first-order chi connectivity index (χ1) is 7.68. The lowest BCUT2D eigenvalue weighted by Gasteiger charge is -2.23. The van der Waals surface area contributed by atoms with Crippen molar-refractivity contribution in [1.29, 1.82) is 0 Å². The van der Waals surface area contributed by atoms with Crippen LogP contribution in [0.3, 0.4) is 0 Å². The van der Waals surface area contributed by atoms with Crippen LogP contribution in [0.1, 0.15) is 24.8 Å². The van der Waals surface area contributed by atoms with Crippen LogP contribution in [-0.2, 0) is 6.42 Å². The van der Waals surface area contributed by atoms with Crippen LogP contribution in [0.5, 0.6) is 0 Å². The zero-order chi connectivity index (χ0) is 11.4. The van der Waals surface area contributed by atoms with E-state index in [1.54, 1.807) is 0 Å². The van der Waals surface area contributed by atoms with Gasteiger partial charge in [-0.25, -0.2) is 4.39 Å². The smallest absolute Gasteiger partial charge is 0.116 e. The monoisotopic (exact) mass is 285 g/mol. The van der Waals surface area contributed by atoms with E-state index in [0.717, 1.165) is 29.5 Å². The molecule has 1 saturated heterocycles. The Hall–Kier alpha value is -0.410. The Kier molecular flexibility index (Phi) is 3.98. The maximum Gasteiger partial charge on any atom is 0.116 e. The van der Waals surface area contributed by atoms with E-state index < -0.39 is 5.67 Å². The van der Waals surface area contributed by atoms with Crippen molar-refractivity contribution in [3.05, 3.63) is 34.3 Å². The summed E-state index contributed by atoms with van der Waals surface area (Å²) in [6.07, 6.45) is 2.77. The van der Waals surface area contributed by atoms with E-state index in [2.05, 4.69) is 21.2 Å². The molecule has 1 N–H and O–H groups in total. The summed E-state index contributed by atoms with van der Waals surface area (Å²) in [4.78, 5) is 0. The molecule has 1 nitrogen and oxygen atoms in total. The molecule has 1 aliphatic rings. The molecule has 0 aromatic heterocycles. The summed E-state index contributed by atoms with van der Waals surface area (Å²) in [5, 5.41) is 3.25. The molecule has 1 aliphatic heterocycles. The van der Waals surface area contributed by atoms with Crippen molar-refractivity contribution in [1.82, 2.24) is 5.32 Å². The topological polar surface area (TPSA) is 12.0 Å². The average molecular weight is 286 g/mol. The normalized spacial score (nSPS) is 26.4. The van der Waals surface area contributed by atoms with Crippen LogP contribution >= 0.6 is 15.9 Å². The van der Waals surface area contributed by atoms with Gasteiger partial charge in [-0.3, -0.25) is 0 Å². The molecule has 0 saturated carbocycles. The molecular formula is C13H17BrFN. The molecule has 1 fully saturated rings. The maximum atomic E-state index is 14.6. The predicted octanol–water partition coefficient (Wildman–Crippen LogP) is 3.47. The summed E-state index contributed by atoms with van der Waals surface area (Å²) in [5.41, 5.74) is 0.0587. The number of benzene rings is 1. The minimum Gasteiger partial charge on any atom is -0.317 e. The van der Waals surface area contributed by atoms with Gasteiger partial charge in [0.1, 0.15) is 5.67 Å². The third-order valence-corrected chi connectivity index (χ3v) is 3.63. The summed E-state index contributed by atoms with van der Waals surface area (Å²) < 4.78 is 15.6. The molecular weight excluding hydrogens is 269 g/mol. The highest BCUT2D eigenvalue weighted by molar-refractivity contribution is 9.10. The Morgan fingerprint density at radius 1 is 1.31 bits per heavy atom. The van der Waals surface area contributed by atoms with Crippen molar-refractivity contribution in [3.8, 4) is 0 Å². The number of hydrogen-bond donors (Lipinski definition) is 1. The number of alkyl halides is 1. The third kappa shape index (κ3) is 3.29. The van der Waals surface area contributed by atoms with Crippen molar-refractivity contribution >= 4 is 15.9 Å². The van der Waals surface area contributed by atoms with Crippen molar-refractivity contribution in [3.63, 3.8) is 0 Å². The van der Waals surface area contributed by atoms with Crippen LogP contribution in [0.25, 0.3) is 0 Å². The number of rotatable bonds is 2. The van der Waals surface area contributed by atoms with Gasteiger partial charge in [-0.15, -0.1) is 0 Å². The second-order valence-corrected chi connectivity index (χ2v) is 5.48. The molecule has 16 heavy (non-hydrogen) atoms. The SMILES string of the molecule is FC1(Cc2cccc(Br)c2)CCCNCC1. The lowest BCUT2D eigenvalue weighted by atomic mass is 9.89. The highest BCUT2D eigenvalue weighted by Crippen LogP contribution is 2.29. The Morgan fingerprint density at radius 2 is 2.19 bits per heavy atom. The van der Waals surface area contributed by atoms with Gasteiger partial charge in [0.25, 0.3) is 0 Å². The molecule has 3 heteroatoms. The first-order valence-electron chi connectivity index (χ1n) is 5.82. The molecule has 2 rings (SSSR count). The summed E-state index contributed by atoms with van der Waals surface area (Å²) in [7, 11) is 0. The highest BCUT2D eigenvalue weighted by atomic mass is 79.9. The number of halogens is 2. The standard InChI is InChI=1S/C13H17BrFN/c14-12-4-1-3-11(9-12)10-13(15)5-2-7-16-8-6-13/h1,3-4,9,16H,2,5-8,10H2. The van der Waals surface area contributed by atoms with Crippen molar-refractivity contribution in [2.45, 2.75) is 31.4 Å². The summed E-state index contributed by atoms with van der Waals surface area (Å²) in [5.74, 6) is 0. The minimum atomic E-state index is -1.02. The van der Waals surface area contributed by atoms with E-state index in [1.165, 1.54) is 0 Å². The Bertz CT molecular complexity index is 346. The molecule has 1 unspecified atom stereocenters. The molecule has 0 spiro atoms.